The van der Waals surface area contributed by atoms with E-state index < -0.39 is 0 Å². The van der Waals surface area contributed by atoms with E-state index in [4.69, 9.17) is 0 Å². The summed E-state index contributed by atoms with van der Waals surface area (Å²) in [6.07, 6.45) is 8.21. The van der Waals surface area contributed by atoms with Crippen LogP contribution in [0.25, 0.3) is 0 Å². The Morgan fingerprint density at radius 2 is 1.90 bits per heavy atom. The summed E-state index contributed by atoms with van der Waals surface area (Å²) in [5.41, 5.74) is 0. The first-order chi connectivity index (χ1) is 9.90. The van der Waals surface area contributed by atoms with Gasteiger partial charge in [0.05, 0.1) is 0 Å². The second-order valence-electron chi connectivity index (χ2n) is 6.82. The van der Waals surface area contributed by atoms with Crippen LogP contribution in [0.3, 0.4) is 0 Å². The Morgan fingerprint density at radius 1 is 1.29 bits per heavy atom. The number of piperazine rings is 1. The average molecular weight is 312 g/mol. The molecular formula is C16H28N2O2S. The number of nitrogens with one attached hydrogen (secondary N) is 1. The van der Waals surface area contributed by atoms with E-state index in [2.05, 4.69) is 11.6 Å². The van der Waals surface area contributed by atoms with Crippen LogP contribution in [0.2, 0.25) is 0 Å². The topological polar surface area (TPSA) is 49.4 Å². The average Bonchev–Trinajstić information content (AvgIpc) is 2.48. The molecule has 0 spiro atoms. The van der Waals surface area contributed by atoms with E-state index in [1.54, 1.807) is 0 Å². The number of nitrogens with zero attached hydrogens (tertiary/aromatic N) is 1. The molecule has 2 unspecified atom stereocenters. The van der Waals surface area contributed by atoms with Crippen LogP contribution < -0.4 is 5.32 Å². The highest BCUT2D eigenvalue weighted by Gasteiger charge is 2.43. The van der Waals surface area contributed by atoms with Gasteiger partial charge in [-0.3, -0.25) is 9.59 Å². The van der Waals surface area contributed by atoms with Crippen LogP contribution in [-0.4, -0.2) is 46.3 Å². The van der Waals surface area contributed by atoms with Crippen molar-refractivity contribution in [1.29, 1.82) is 0 Å². The van der Waals surface area contributed by atoms with Gasteiger partial charge in [0, 0.05) is 11.3 Å². The highest BCUT2D eigenvalue weighted by Crippen LogP contribution is 2.40. The van der Waals surface area contributed by atoms with Gasteiger partial charge in [-0.1, -0.05) is 33.1 Å². The molecule has 2 atom stereocenters. The Bertz CT molecular complexity index is 405. The predicted octanol–water partition coefficient (Wildman–Crippen LogP) is 2.42. The van der Waals surface area contributed by atoms with Gasteiger partial charge in [0.25, 0.3) is 0 Å². The van der Waals surface area contributed by atoms with Crippen molar-refractivity contribution in [1.82, 2.24) is 10.2 Å². The van der Waals surface area contributed by atoms with Crippen LogP contribution in [-0.2, 0) is 9.59 Å². The maximum Gasteiger partial charge on any atom is 0.246 e. The molecule has 0 aromatic rings. The molecule has 1 aliphatic carbocycles. The van der Waals surface area contributed by atoms with E-state index in [-0.39, 0.29) is 34.6 Å². The van der Waals surface area contributed by atoms with Crippen molar-refractivity contribution in [2.24, 2.45) is 5.92 Å². The second kappa shape index (κ2) is 6.59. The first-order valence-corrected chi connectivity index (χ1v) is 9.29. The molecule has 120 valence electrons. The molecule has 1 heterocycles. The largest absolute Gasteiger partial charge is 0.342 e. The third kappa shape index (κ3) is 3.38. The van der Waals surface area contributed by atoms with E-state index in [0.717, 1.165) is 12.8 Å². The minimum atomic E-state index is -0.365. The Hall–Kier alpha value is -0.710. The number of amides is 2. The molecule has 2 aliphatic rings. The number of hydrogen-bond acceptors (Lipinski definition) is 3. The molecule has 1 saturated carbocycles. The first kappa shape index (κ1) is 16.7. The van der Waals surface area contributed by atoms with Crippen molar-refractivity contribution in [2.75, 3.05) is 12.8 Å². The fourth-order valence-electron chi connectivity index (χ4n) is 3.45. The monoisotopic (exact) mass is 312 g/mol. The molecule has 1 N–H and O–H groups in total. The Labute approximate surface area is 132 Å². The molecule has 0 aromatic carbocycles. The normalized spacial score (nSPS) is 29.7. The molecule has 21 heavy (non-hydrogen) atoms. The number of thioether (sulfide) groups is 1. The summed E-state index contributed by atoms with van der Waals surface area (Å²) >= 11 is 1.88. The van der Waals surface area contributed by atoms with Gasteiger partial charge in [0.2, 0.25) is 11.8 Å². The maximum absolute atomic E-state index is 12.8. The van der Waals surface area contributed by atoms with E-state index in [9.17, 15) is 9.59 Å². The van der Waals surface area contributed by atoms with Gasteiger partial charge in [-0.2, -0.15) is 11.8 Å². The molecule has 0 bridgehead atoms. The molecule has 0 aromatic heterocycles. The van der Waals surface area contributed by atoms with Crippen LogP contribution in [0.15, 0.2) is 0 Å². The smallest absolute Gasteiger partial charge is 0.246 e. The number of carbonyl (C=O) groups excluding carboxylic acids is 2. The molecule has 4 nitrogen and oxygen atoms in total. The SMILES string of the molecule is CSC1(CN2C(=O)C(C(C)C)NC(=O)C2C)CCCCC1. The lowest BCUT2D eigenvalue weighted by Gasteiger charge is -2.45. The van der Waals surface area contributed by atoms with Crippen molar-refractivity contribution in [3.05, 3.63) is 0 Å². The van der Waals surface area contributed by atoms with Gasteiger partial charge in [-0.05, 0) is 31.9 Å². The molecule has 0 radical (unpaired) electrons. The van der Waals surface area contributed by atoms with Crippen molar-refractivity contribution >= 4 is 23.6 Å². The third-order valence-corrected chi connectivity index (χ3v) is 6.42. The van der Waals surface area contributed by atoms with Crippen molar-refractivity contribution in [3.63, 3.8) is 0 Å². The van der Waals surface area contributed by atoms with Crippen LogP contribution >= 0.6 is 11.8 Å². The molecule has 1 aliphatic heterocycles. The molecule has 2 fully saturated rings. The summed E-state index contributed by atoms with van der Waals surface area (Å²) in [4.78, 5) is 26.8. The number of rotatable bonds is 4. The van der Waals surface area contributed by atoms with Crippen LogP contribution in [0.5, 0.6) is 0 Å². The molecule has 5 heteroatoms. The lowest BCUT2D eigenvalue weighted by molar-refractivity contribution is -0.150. The van der Waals surface area contributed by atoms with Gasteiger partial charge >= 0.3 is 0 Å². The lowest BCUT2D eigenvalue weighted by Crippen LogP contribution is -2.65. The third-order valence-electron chi connectivity index (χ3n) is 5.02. The molecule has 2 amide bonds. The van der Waals surface area contributed by atoms with Crippen molar-refractivity contribution in [3.8, 4) is 0 Å². The fraction of sp³-hybridized carbons (Fsp3) is 0.875. The van der Waals surface area contributed by atoms with E-state index in [0.29, 0.717) is 6.54 Å². The van der Waals surface area contributed by atoms with Crippen LogP contribution in [0.4, 0.5) is 0 Å². The summed E-state index contributed by atoms with van der Waals surface area (Å²) in [5, 5.41) is 2.88. The summed E-state index contributed by atoms with van der Waals surface area (Å²) in [5.74, 6) is 0.212. The van der Waals surface area contributed by atoms with Gasteiger partial charge in [-0.15, -0.1) is 0 Å². The zero-order chi connectivity index (χ0) is 15.6. The fourth-order valence-corrected chi connectivity index (χ4v) is 4.41. The van der Waals surface area contributed by atoms with Gasteiger partial charge in [-0.25, -0.2) is 0 Å². The van der Waals surface area contributed by atoms with Crippen LogP contribution in [0, 0.1) is 5.92 Å². The zero-order valence-corrected chi connectivity index (χ0v) is 14.5. The van der Waals surface area contributed by atoms with Gasteiger partial charge < -0.3 is 10.2 Å². The number of carbonyl (C=O) groups is 2. The number of hydrogen-bond donors (Lipinski definition) is 1. The van der Waals surface area contributed by atoms with Crippen LogP contribution in [0.1, 0.15) is 52.9 Å². The summed E-state index contributed by atoms with van der Waals surface area (Å²) < 4.78 is 0.140. The Kier molecular flexibility index (Phi) is 5.23. The zero-order valence-electron chi connectivity index (χ0n) is 13.6. The quantitative estimate of drug-likeness (QED) is 0.867. The Morgan fingerprint density at radius 3 is 2.43 bits per heavy atom. The van der Waals surface area contributed by atoms with Crippen molar-refractivity contribution < 1.29 is 9.59 Å². The molecular weight excluding hydrogens is 284 g/mol. The van der Waals surface area contributed by atoms with Gasteiger partial charge in [0.1, 0.15) is 12.1 Å². The van der Waals surface area contributed by atoms with E-state index in [1.807, 2.05) is 37.4 Å². The molecule has 2 rings (SSSR count). The lowest BCUT2D eigenvalue weighted by atomic mass is 9.86. The Balaban J connectivity index is 2.18. The minimum absolute atomic E-state index is 0.0136. The van der Waals surface area contributed by atoms with E-state index in [1.165, 1.54) is 19.3 Å². The van der Waals surface area contributed by atoms with Gasteiger partial charge in [0.15, 0.2) is 0 Å². The predicted molar refractivity (Wildman–Crippen MR) is 87.3 cm³/mol. The minimum Gasteiger partial charge on any atom is -0.342 e. The maximum atomic E-state index is 12.8. The second-order valence-corrected chi connectivity index (χ2v) is 8.09. The summed E-state index contributed by atoms with van der Waals surface area (Å²) in [6.45, 7) is 6.54. The summed E-state index contributed by atoms with van der Waals surface area (Å²) in [7, 11) is 0. The first-order valence-electron chi connectivity index (χ1n) is 8.06. The summed E-state index contributed by atoms with van der Waals surface area (Å²) in [6, 6.07) is -0.713. The van der Waals surface area contributed by atoms with E-state index >= 15 is 0 Å². The van der Waals surface area contributed by atoms with Crippen molar-refractivity contribution in [2.45, 2.75) is 69.7 Å². The standard InChI is InChI=1S/C16H28N2O2S/c1-11(2)13-15(20)18(12(3)14(19)17-13)10-16(21-4)8-6-5-7-9-16/h11-13H,5-10H2,1-4H3,(H,17,19). The molecule has 1 saturated heterocycles. The highest BCUT2D eigenvalue weighted by molar-refractivity contribution is 8.00. The highest BCUT2D eigenvalue weighted by atomic mass is 32.2.